The van der Waals surface area contributed by atoms with Gasteiger partial charge in [-0.2, -0.15) is 0 Å². The topological polar surface area (TPSA) is 57.6 Å². The second-order valence-electron chi connectivity index (χ2n) is 5.65. The molecule has 3 rings (SSSR count). The molecule has 3 atom stereocenters. The minimum absolute atomic E-state index is 0.0220. The van der Waals surface area contributed by atoms with Gasteiger partial charge in [-0.05, 0) is 49.9 Å². The molecular weight excluding hydrogens is 322 g/mol. The van der Waals surface area contributed by atoms with Crippen LogP contribution in [0.25, 0.3) is 0 Å². The highest BCUT2D eigenvalue weighted by atomic mass is 79.9. The molecule has 2 saturated heterocycles. The molecular formula is C15H16BrNO3. The molecule has 3 unspecified atom stereocenters. The lowest BCUT2D eigenvalue weighted by atomic mass is 9.89. The smallest absolute Gasteiger partial charge is 0.308 e. The average molecular weight is 338 g/mol. The van der Waals surface area contributed by atoms with E-state index in [-0.39, 0.29) is 18.0 Å². The summed E-state index contributed by atoms with van der Waals surface area (Å²) in [5, 5.41) is 9.25. The molecule has 4 nitrogen and oxygen atoms in total. The highest BCUT2D eigenvalue weighted by Gasteiger charge is 2.51. The van der Waals surface area contributed by atoms with Gasteiger partial charge in [0, 0.05) is 22.1 Å². The van der Waals surface area contributed by atoms with Crippen LogP contribution in [0, 0.1) is 12.8 Å². The van der Waals surface area contributed by atoms with Crippen molar-refractivity contribution in [2.24, 2.45) is 5.92 Å². The van der Waals surface area contributed by atoms with Gasteiger partial charge < -0.3 is 10.0 Å². The summed E-state index contributed by atoms with van der Waals surface area (Å²) in [6.45, 7) is 1.91. The lowest BCUT2D eigenvalue weighted by molar-refractivity contribution is -0.142. The number of rotatable bonds is 2. The van der Waals surface area contributed by atoms with E-state index in [2.05, 4.69) is 15.9 Å². The molecule has 5 heteroatoms. The summed E-state index contributed by atoms with van der Waals surface area (Å²) in [5.74, 6) is -1.19. The van der Waals surface area contributed by atoms with Gasteiger partial charge in [0.1, 0.15) is 0 Å². The zero-order valence-corrected chi connectivity index (χ0v) is 12.8. The van der Waals surface area contributed by atoms with Gasteiger partial charge in [-0.3, -0.25) is 9.59 Å². The Morgan fingerprint density at radius 3 is 2.70 bits per heavy atom. The van der Waals surface area contributed by atoms with Crippen LogP contribution >= 0.6 is 15.9 Å². The Labute approximate surface area is 125 Å². The Bertz CT molecular complexity index is 586. The van der Waals surface area contributed by atoms with E-state index in [0.29, 0.717) is 12.0 Å². The number of carboxylic acid groups (broad SMARTS) is 1. The quantitative estimate of drug-likeness (QED) is 0.902. The first-order valence-corrected chi connectivity index (χ1v) is 7.60. The van der Waals surface area contributed by atoms with E-state index in [9.17, 15) is 14.7 Å². The van der Waals surface area contributed by atoms with Crippen molar-refractivity contribution in [3.05, 3.63) is 33.8 Å². The number of hydrogen-bond donors (Lipinski definition) is 1. The molecule has 2 aliphatic heterocycles. The standard InChI is InChI=1S/C15H16BrNO3/c1-8-6-9(16)2-4-11(8)14(18)17-10-3-5-13(17)12(7-10)15(19)20/h2,4,6,10,12-13H,3,5,7H2,1H3,(H,19,20). The van der Waals surface area contributed by atoms with Crippen LogP contribution in [0.1, 0.15) is 35.2 Å². The number of benzene rings is 1. The van der Waals surface area contributed by atoms with Crippen molar-refractivity contribution in [1.29, 1.82) is 0 Å². The molecule has 1 N–H and O–H groups in total. The van der Waals surface area contributed by atoms with Crippen LogP contribution < -0.4 is 0 Å². The summed E-state index contributed by atoms with van der Waals surface area (Å²) >= 11 is 3.39. The van der Waals surface area contributed by atoms with E-state index >= 15 is 0 Å². The molecule has 20 heavy (non-hydrogen) atoms. The molecule has 0 aromatic heterocycles. The number of nitrogens with zero attached hydrogens (tertiary/aromatic N) is 1. The number of carboxylic acids is 1. The van der Waals surface area contributed by atoms with Crippen LogP contribution in [0.3, 0.4) is 0 Å². The zero-order chi connectivity index (χ0) is 14.4. The number of carbonyl (C=O) groups excluding carboxylic acids is 1. The van der Waals surface area contributed by atoms with Crippen LogP contribution in [-0.4, -0.2) is 34.0 Å². The van der Waals surface area contributed by atoms with E-state index in [4.69, 9.17) is 0 Å². The molecule has 1 aromatic carbocycles. The Morgan fingerprint density at radius 2 is 2.10 bits per heavy atom. The monoisotopic (exact) mass is 337 g/mol. The van der Waals surface area contributed by atoms with Gasteiger partial charge in [-0.15, -0.1) is 0 Å². The maximum absolute atomic E-state index is 12.7. The molecule has 0 aliphatic carbocycles. The molecule has 2 bridgehead atoms. The van der Waals surface area contributed by atoms with Crippen LogP contribution in [0.15, 0.2) is 22.7 Å². The first-order valence-electron chi connectivity index (χ1n) is 6.80. The van der Waals surface area contributed by atoms with Gasteiger partial charge >= 0.3 is 5.97 Å². The Kier molecular flexibility index (Phi) is 3.32. The number of halogens is 1. The highest BCUT2D eigenvalue weighted by Crippen LogP contribution is 2.42. The van der Waals surface area contributed by atoms with Crippen LogP contribution in [-0.2, 0) is 4.79 Å². The molecule has 2 heterocycles. The van der Waals surface area contributed by atoms with Crippen molar-refractivity contribution in [1.82, 2.24) is 4.90 Å². The maximum atomic E-state index is 12.7. The van der Waals surface area contributed by atoms with Gasteiger partial charge in [0.25, 0.3) is 5.91 Å². The summed E-state index contributed by atoms with van der Waals surface area (Å²) in [6.07, 6.45) is 2.33. The van der Waals surface area contributed by atoms with Gasteiger partial charge in [0.05, 0.1) is 5.92 Å². The molecule has 0 spiro atoms. The van der Waals surface area contributed by atoms with Gasteiger partial charge in [0.15, 0.2) is 0 Å². The summed E-state index contributed by atoms with van der Waals surface area (Å²) in [7, 11) is 0. The van der Waals surface area contributed by atoms with Crippen molar-refractivity contribution < 1.29 is 14.7 Å². The zero-order valence-electron chi connectivity index (χ0n) is 11.2. The molecule has 106 valence electrons. The number of amides is 1. The second kappa shape index (κ2) is 4.88. The molecule has 0 radical (unpaired) electrons. The molecule has 2 aliphatic rings. The number of hydrogen-bond acceptors (Lipinski definition) is 2. The first kappa shape index (κ1) is 13.6. The van der Waals surface area contributed by atoms with E-state index in [0.717, 1.165) is 22.9 Å². The summed E-state index contributed by atoms with van der Waals surface area (Å²) in [5.41, 5.74) is 1.60. The highest BCUT2D eigenvalue weighted by molar-refractivity contribution is 9.10. The SMILES string of the molecule is Cc1cc(Br)ccc1C(=O)N1C2CCC1C(C(=O)O)C2. The van der Waals surface area contributed by atoms with E-state index < -0.39 is 11.9 Å². The third-order valence-electron chi connectivity index (χ3n) is 4.51. The molecule has 1 amide bonds. The third kappa shape index (κ3) is 2.04. The lowest BCUT2D eigenvalue weighted by Gasteiger charge is -2.24. The number of carbonyl (C=O) groups is 2. The predicted octanol–water partition coefficient (Wildman–Crippen LogP) is 2.84. The molecule has 1 aromatic rings. The number of fused-ring (bicyclic) bond motifs is 2. The average Bonchev–Trinajstić information content (AvgIpc) is 2.95. The lowest BCUT2D eigenvalue weighted by Crippen LogP contribution is -2.38. The molecule has 0 saturated carbocycles. The van der Waals surface area contributed by atoms with Crippen molar-refractivity contribution in [2.45, 2.75) is 38.3 Å². The first-order chi connectivity index (χ1) is 9.49. The molecule has 2 fully saturated rings. The Hall–Kier alpha value is -1.36. The van der Waals surface area contributed by atoms with Crippen LogP contribution in [0.5, 0.6) is 0 Å². The van der Waals surface area contributed by atoms with Gasteiger partial charge in [-0.25, -0.2) is 0 Å². The fourth-order valence-electron chi connectivity index (χ4n) is 3.58. The van der Waals surface area contributed by atoms with Crippen LogP contribution in [0.2, 0.25) is 0 Å². The minimum Gasteiger partial charge on any atom is -0.481 e. The largest absolute Gasteiger partial charge is 0.481 e. The normalized spacial score (nSPS) is 27.9. The van der Waals surface area contributed by atoms with Gasteiger partial charge in [-0.1, -0.05) is 15.9 Å². The fourth-order valence-corrected chi connectivity index (χ4v) is 4.05. The fraction of sp³-hybridized carbons (Fsp3) is 0.467. The summed E-state index contributed by atoms with van der Waals surface area (Å²) in [6, 6.07) is 5.55. The van der Waals surface area contributed by atoms with Crippen molar-refractivity contribution in [3.8, 4) is 0 Å². The third-order valence-corrected chi connectivity index (χ3v) is 5.00. The van der Waals surface area contributed by atoms with Crippen molar-refractivity contribution in [2.75, 3.05) is 0 Å². The van der Waals surface area contributed by atoms with Crippen LogP contribution in [0.4, 0.5) is 0 Å². The Morgan fingerprint density at radius 1 is 1.35 bits per heavy atom. The second-order valence-corrected chi connectivity index (χ2v) is 6.57. The van der Waals surface area contributed by atoms with E-state index in [1.165, 1.54) is 0 Å². The van der Waals surface area contributed by atoms with E-state index in [1.807, 2.05) is 30.0 Å². The maximum Gasteiger partial charge on any atom is 0.308 e. The van der Waals surface area contributed by atoms with Gasteiger partial charge in [0.2, 0.25) is 0 Å². The summed E-state index contributed by atoms with van der Waals surface area (Å²) < 4.78 is 0.944. The summed E-state index contributed by atoms with van der Waals surface area (Å²) in [4.78, 5) is 25.8. The van der Waals surface area contributed by atoms with Crippen molar-refractivity contribution in [3.63, 3.8) is 0 Å². The number of aliphatic carboxylic acids is 1. The van der Waals surface area contributed by atoms with E-state index in [1.54, 1.807) is 0 Å². The van der Waals surface area contributed by atoms with Crippen molar-refractivity contribution >= 4 is 27.8 Å². The number of aryl methyl sites for hydroxylation is 1. The predicted molar refractivity (Wildman–Crippen MR) is 77.6 cm³/mol. The minimum atomic E-state index is -0.775. The Balaban J connectivity index is 1.90.